The number of nitrogens with zero attached hydrogens (tertiary/aromatic N) is 3. The summed E-state index contributed by atoms with van der Waals surface area (Å²) in [5.74, 6) is 0.326. The maximum absolute atomic E-state index is 12.2. The zero-order valence-corrected chi connectivity index (χ0v) is 13.8. The molecule has 0 amide bonds. The van der Waals surface area contributed by atoms with Crippen LogP contribution >= 0.6 is 0 Å². The first-order valence-electron chi connectivity index (χ1n) is 8.04. The third kappa shape index (κ3) is 2.12. The van der Waals surface area contributed by atoms with E-state index in [0.29, 0.717) is 12.4 Å². The van der Waals surface area contributed by atoms with E-state index in [1.807, 2.05) is 13.0 Å². The van der Waals surface area contributed by atoms with Crippen LogP contribution in [0.1, 0.15) is 38.2 Å². The highest BCUT2D eigenvalue weighted by Gasteiger charge is 2.59. The number of hydrogen-bond donors (Lipinski definition) is 1. The first-order chi connectivity index (χ1) is 11.0. The fraction of sp³-hybridized carbons (Fsp3) is 0.688. The molecule has 23 heavy (non-hydrogen) atoms. The van der Waals surface area contributed by atoms with E-state index in [1.54, 1.807) is 7.05 Å². The van der Waals surface area contributed by atoms with Gasteiger partial charge in [-0.3, -0.25) is 13.9 Å². The Kier molecular flexibility index (Phi) is 3.80. The van der Waals surface area contributed by atoms with Crippen molar-refractivity contribution in [2.45, 2.75) is 44.8 Å². The lowest BCUT2D eigenvalue weighted by atomic mass is 9.51. The van der Waals surface area contributed by atoms with Gasteiger partial charge < -0.3 is 10.1 Å². The Hall–Kier alpha value is -2.07. The minimum absolute atomic E-state index is 0.0102. The number of ether oxygens (including phenoxy) is 1. The molecule has 2 aliphatic carbocycles. The van der Waals surface area contributed by atoms with Gasteiger partial charge in [0.2, 0.25) is 0 Å². The average Bonchev–Trinajstić information content (AvgIpc) is 2.47. The summed E-state index contributed by atoms with van der Waals surface area (Å²) in [5.41, 5.74) is -0.912. The summed E-state index contributed by atoms with van der Waals surface area (Å²) in [7, 11) is 2.97. The summed E-state index contributed by atoms with van der Waals surface area (Å²) in [6, 6.07) is 2.08. The normalized spacial score (nSPS) is 24.6. The van der Waals surface area contributed by atoms with E-state index in [-0.39, 0.29) is 23.1 Å². The fourth-order valence-electron chi connectivity index (χ4n) is 3.92. The van der Waals surface area contributed by atoms with E-state index < -0.39 is 11.2 Å². The lowest BCUT2D eigenvalue weighted by molar-refractivity contribution is -0.157. The molecule has 0 unspecified atom stereocenters. The van der Waals surface area contributed by atoms with Crippen LogP contribution in [0.15, 0.2) is 9.59 Å². The van der Waals surface area contributed by atoms with Crippen LogP contribution in [0.3, 0.4) is 0 Å². The highest BCUT2D eigenvalue weighted by atomic mass is 16.5. The van der Waals surface area contributed by atoms with Crippen LogP contribution < -0.4 is 16.6 Å². The van der Waals surface area contributed by atoms with Crippen molar-refractivity contribution < 1.29 is 4.74 Å². The second-order valence-electron chi connectivity index (χ2n) is 6.50. The van der Waals surface area contributed by atoms with Crippen LogP contribution in [0.2, 0.25) is 0 Å². The zero-order chi connectivity index (χ0) is 16.8. The van der Waals surface area contributed by atoms with Crippen molar-refractivity contribution in [3.63, 3.8) is 0 Å². The summed E-state index contributed by atoms with van der Waals surface area (Å²) < 4.78 is 8.13. The SMILES string of the molecule is CCO[C@@H]1C[C@H](Nc2c(C#N)c(=O)n(C)c(=O)n2C)C12CCC2. The molecule has 0 radical (unpaired) electrons. The van der Waals surface area contributed by atoms with Gasteiger partial charge in [0.25, 0.3) is 5.56 Å². The predicted octanol–water partition coefficient (Wildman–Crippen LogP) is 0.715. The number of nitriles is 1. The first kappa shape index (κ1) is 15.8. The highest BCUT2D eigenvalue weighted by Crippen LogP contribution is 2.58. The van der Waals surface area contributed by atoms with Crippen molar-refractivity contribution in [2.24, 2.45) is 19.5 Å². The van der Waals surface area contributed by atoms with Crippen LogP contribution in [0.4, 0.5) is 5.82 Å². The van der Waals surface area contributed by atoms with Crippen molar-refractivity contribution in [3.8, 4) is 6.07 Å². The summed E-state index contributed by atoms with van der Waals surface area (Å²) in [6.45, 7) is 2.68. The summed E-state index contributed by atoms with van der Waals surface area (Å²) in [6.07, 6.45) is 4.39. The molecule has 2 fully saturated rings. The van der Waals surface area contributed by atoms with Gasteiger partial charge in [0.05, 0.1) is 6.10 Å². The Bertz CT molecular complexity index is 782. The van der Waals surface area contributed by atoms with E-state index in [4.69, 9.17) is 4.74 Å². The van der Waals surface area contributed by atoms with Crippen molar-refractivity contribution in [1.29, 1.82) is 5.26 Å². The van der Waals surface area contributed by atoms with Gasteiger partial charge in [-0.15, -0.1) is 0 Å². The number of hydrogen-bond acceptors (Lipinski definition) is 5. The molecule has 1 aromatic heterocycles. The standard InChI is InChI=1S/C16H22N4O3/c1-4-23-12-8-11(16(12)6-5-7-16)18-13-10(9-17)14(21)20(3)15(22)19(13)2/h11-12,18H,4-8H2,1-3H3/t11-,12+/m0/s1. The molecule has 7 nitrogen and oxygen atoms in total. The van der Waals surface area contributed by atoms with Crippen molar-refractivity contribution >= 4 is 5.82 Å². The van der Waals surface area contributed by atoms with Crippen LogP contribution in [-0.2, 0) is 18.8 Å². The number of rotatable bonds is 4. The van der Waals surface area contributed by atoms with Gasteiger partial charge in [-0.1, -0.05) is 6.42 Å². The van der Waals surface area contributed by atoms with E-state index in [1.165, 1.54) is 18.0 Å². The molecule has 7 heteroatoms. The van der Waals surface area contributed by atoms with Crippen LogP contribution in [0.5, 0.6) is 0 Å². The molecule has 3 rings (SSSR count). The van der Waals surface area contributed by atoms with Gasteiger partial charge in [-0.05, 0) is 26.2 Å². The predicted molar refractivity (Wildman–Crippen MR) is 85.4 cm³/mol. The average molecular weight is 318 g/mol. The van der Waals surface area contributed by atoms with Gasteiger partial charge >= 0.3 is 5.69 Å². The molecular weight excluding hydrogens is 296 g/mol. The molecule has 2 saturated carbocycles. The number of anilines is 1. The molecular formula is C16H22N4O3. The third-order valence-electron chi connectivity index (χ3n) is 5.52. The molecule has 2 atom stereocenters. The molecule has 0 saturated heterocycles. The monoisotopic (exact) mass is 318 g/mol. The first-order valence-corrected chi connectivity index (χ1v) is 8.04. The van der Waals surface area contributed by atoms with Crippen LogP contribution in [0.25, 0.3) is 0 Å². The second kappa shape index (κ2) is 5.53. The minimum atomic E-state index is -0.554. The minimum Gasteiger partial charge on any atom is -0.378 e. The molecule has 1 spiro atoms. The zero-order valence-electron chi connectivity index (χ0n) is 13.8. The van der Waals surface area contributed by atoms with Gasteiger partial charge in [0, 0.05) is 32.2 Å². The Labute approximate surface area is 134 Å². The maximum atomic E-state index is 12.2. The third-order valence-corrected chi connectivity index (χ3v) is 5.52. The molecule has 0 bridgehead atoms. The Morgan fingerprint density at radius 2 is 2.04 bits per heavy atom. The van der Waals surface area contributed by atoms with E-state index in [2.05, 4.69) is 5.32 Å². The maximum Gasteiger partial charge on any atom is 0.332 e. The highest BCUT2D eigenvalue weighted by molar-refractivity contribution is 5.53. The molecule has 1 aromatic rings. The molecule has 0 aromatic carbocycles. The van der Waals surface area contributed by atoms with Crippen LogP contribution in [-0.4, -0.2) is 27.9 Å². The molecule has 124 valence electrons. The lowest BCUT2D eigenvalue weighted by Gasteiger charge is -2.61. The summed E-state index contributed by atoms with van der Waals surface area (Å²) in [5, 5.41) is 12.6. The Morgan fingerprint density at radius 3 is 2.57 bits per heavy atom. The Morgan fingerprint density at radius 1 is 1.35 bits per heavy atom. The van der Waals surface area contributed by atoms with E-state index >= 15 is 0 Å². The van der Waals surface area contributed by atoms with Gasteiger partial charge in [0.15, 0.2) is 5.56 Å². The molecule has 1 heterocycles. The largest absolute Gasteiger partial charge is 0.378 e. The van der Waals surface area contributed by atoms with Gasteiger partial charge in [0.1, 0.15) is 11.9 Å². The number of nitrogens with one attached hydrogen (secondary N) is 1. The second-order valence-corrected chi connectivity index (χ2v) is 6.50. The van der Waals surface area contributed by atoms with Crippen molar-refractivity contribution in [1.82, 2.24) is 9.13 Å². The lowest BCUT2D eigenvalue weighted by Crippen LogP contribution is -2.65. The van der Waals surface area contributed by atoms with Gasteiger partial charge in [-0.25, -0.2) is 4.79 Å². The molecule has 2 aliphatic rings. The smallest absolute Gasteiger partial charge is 0.332 e. The van der Waals surface area contributed by atoms with E-state index in [9.17, 15) is 14.9 Å². The summed E-state index contributed by atoms with van der Waals surface area (Å²) in [4.78, 5) is 24.3. The quantitative estimate of drug-likeness (QED) is 0.883. The van der Waals surface area contributed by atoms with Crippen molar-refractivity contribution in [2.75, 3.05) is 11.9 Å². The van der Waals surface area contributed by atoms with Gasteiger partial charge in [-0.2, -0.15) is 5.26 Å². The summed E-state index contributed by atoms with van der Waals surface area (Å²) >= 11 is 0. The van der Waals surface area contributed by atoms with E-state index in [0.717, 1.165) is 23.8 Å². The Balaban J connectivity index is 1.95. The fourth-order valence-corrected chi connectivity index (χ4v) is 3.92. The van der Waals surface area contributed by atoms with Crippen molar-refractivity contribution in [3.05, 3.63) is 26.4 Å². The topological polar surface area (TPSA) is 89.1 Å². The molecule has 1 N–H and O–H groups in total. The number of aromatic nitrogens is 2. The van der Waals surface area contributed by atoms with Crippen LogP contribution in [0, 0.1) is 16.7 Å². The molecule has 0 aliphatic heterocycles.